The number of aromatic amines is 2. The van der Waals surface area contributed by atoms with Gasteiger partial charge in [-0.15, -0.1) is 15.3 Å². The van der Waals surface area contributed by atoms with E-state index in [0.29, 0.717) is 16.5 Å². The lowest BCUT2D eigenvalue weighted by atomic mass is 10.0. The smallest absolute Gasteiger partial charge is 0.209 e. The van der Waals surface area contributed by atoms with Crippen LogP contribution < -0.4 is 0 Å². The Morgan fingerprint density at radius 1 is 1.05 bits per heavy atom. The molecule has 0 atom stereocenters. The molecule has 0 aliphatic heterocycles. The number of halogens is 1. The van der Waals surface area contributed by atoms with Gasteiger partial charge >= 0.3 is 0 Å². The Morgan fingerprint density at radius 2 is 1.90 bits per heavy atom. The van der Waals surface area contributed by atoms with Crippen LogP contribution in [0.5, 0.6) is 0 Å². The van der Waals surface area contributed by atoms with E-state index < -0.39 is 0 Å². The molecule has 2 N–H and O–H groups in total. The number of nitrogens with zero attached hydrogens (tertiary/aromatic N) is 6. The Balaban J connectivity index is 2.01. The third kappa shape index (κ3) is 1.58. The molecule has 0 spiro atoms. The van der Waals surface area contributed by atoms with Crippen LogP contribution in [0, 0.1) is 0 Å². The number of fused-ring (bicyclic) bond motifs is 1. The lowest BCUT2D eigenvalue weighted by molar-refractivity contribution is 0.826. The zero-order valence-electron chi connectivity index (χ0n) is 9.95. The van der Waals surface area contributed by atoms with Crippen molar-refractivity contribution in [1.29, 1.82) is 0 Å². The molecule has 4 rings (SSSR count). The van der Waals surface area contributed by atoms with Gasteiger partial charge in [0.2, 0.25) is 5.82 Å². The number of hydrogen-bond donors (Lipinski definition) is 2. The fourth-order valence-electron chi connectivity index (χ4n) is 2.12. The Labute approximate surface area is 116 Å². The number of hydrogen-bond acceptors (Lipinski definition) is 5. The van der Waals surface area contributed by atoms with E-state index in [4.69, 9.17) is 11.6 Å². The molecule has 0 bridgehead atoms. The van der Waals surface area contributed by atoms with Crippen LogP contribution in [0.3, 0.4) is 0 Å². The molecule has 0 aliphatic carbocycles. The van der Waals surface area contributed by atoms with Crippen molar-refractivity contribution < 1.29 is 0 Å². The van der Waals surface area contributed by atoms with Gasteiger partial charge in [-0.3, -0.25) is 0 Å². The maximum absolute atomic E-state index is 5.92. The van der Waals surface area contributed by atoms with Crippen LogP contribution in [0.1, 0.15) is 0 Å². The van der Waals surface area contributed by atoms with E-state index in [9.17, 15) is 0 Å². The molecule has 0 fully saturated rings. The predicted molar refractivity (Wildman–Crippen MR) is 71.0 cm³/mol. The third-order valence-electron chi connectivity index (χ3n) is 3.00. The van der Waals surface area contributed by atoms with Crippen LogP contribution in [-0.4, -0.2) is 40.7 Å². The molecule has 3 heterocycles. The van der Waals surface area contributed by atoms with Gasteiger partial charge in [-0.05, 0) is 22.9 Å². The average molecular weight is 287 g/mol. The van der Waals surface area contributed by atoms with Crippen molar-refractivity contribution >= 4 is 17.2 Å². The van der Waals surface area contributed by atoms with Crippen molar-refractivity contribution in [2.75, 3.05) is 0 Å². The summed E-state index contributed by atoms with van der Waals surface area (Å²) < 4.78 is 1.70. The van der Waals surface area contributed by atoms with Gasteiger partial charge in [0.15, 0.2) is 5.65 Å². The van der Waals surface area contributed by atoms with Crippen molar-refractivity contribution in [1.82, 2.24) is 40.7 Å². The van der Waals surface area contributed by atoms with E-state index >= 15 is 0 Å². The fourth-order valence-corrected chi connectivity index (χ4v) is 2.25. The minimum absolute atomic E-state index is 0.464. The highest BCUT2D eigenvalue weighted by Gasteiger charge is 2.19. The molecule has 98 valence electrons. The summed E-state index contributed by atoms with van der Waals surface area (Å²) in [5.41, 5.74) is 3.29. The highest BCUT2D eigenvalue weighted by atomic mass is 35.5. The Morgan fingerprint density at radius 3 is 2.65 bits per heavy atom. The van der Waals surface area contributed by atoms with Crippen LogP contribution >= 0.6 is 11.6 Å². The fraction of sp³-hybridized carbons (Fsp3) is 0. The number of H-pyrrole nitrogens is 2. The van der Waals surface area contributed by atoms with E-state index in [1.54, 1.807) is 4.52 Å². The number of tetrazole rings is 2. The van der Waals surface area contributed by atoms with Crippen LogP contribution in [0.15, 0.2) is 30.5 Å². The number of aromatic nitrogens is 8. The lowest BCUT2D eigenvalue weighted by Gasteiger charge is -2.00. The molecule has 3 aromatic heterocycles. The van der Waals surface area contributed by atoms with Gasteiger partial charge in [-0.1, -0.05) is 28.9 Å². The van der Waals surface area contributed by atoms with Gasteiger partial charge < -0.3 is 0 Å². The number of nitrogens with one attached hydrogen (secondary N) is 2. The molecule has 4 aromatic rings. The molecular weight excluding hydrogens is 280 g/mol. The van der Waals surface area contributed by atoms with E-state index in [2.05, 4.69) is 36.1 Å². The van der Waals surface area contributed by atoms with Crippen molar-refractivity contribution in [3.63, 3.8) is 0 Å². The van der Waals surface area contributed by atoms with Crippen LogP contribution in [0.2, 0.25) is 5.02 Å². The van der Waals surface area contributed by atoms with Gasteiger partial charge in [0.1, 0.15) is 0 Å². The molecule has 20 heavy (non-hydrogen) atoms. The van der Waals surface area contributed by atoms with Crippen LogP contribution in [-0.2, 0) is 0 Å². The molecule has 0 amide bonds. The van der Waals surface area contributed by atoms with Gasteiger partial charge in [0.05, 0.1) is 5.56 Å². The Kier molecular flexibility index (Phi) is 2.30. The second-order valence-corrected chi connectivity index (χ2v) is 4.59. The van der Waals surface area contributed by atoms with E-state index in [1.165, 1.54) is 0 Å². The molecule has 0 aliphatic rings. The summed E-state index contributed by atoms with van der Waals surface area (Å²) in [6.07, 6.45) is 1.88. The molecule has 0 saturated heterocycles. The first kappa shape index (κ1) is 11.1. The second-order valence-electron chi connectivity index (χ2n) is 4.15. The van der Waals surface area contributed by atoms with Crippen molar-refractivity contribution in [3.05, 3.63) is 35.5 Å². The first-order valence-electron chi connectivity index (χ1n) is 5.75. The van der Waals surface area contributed by atoms with Crippen LogP contribution in [0.4, 0.5) is 0 Å². The van der Waals surface area contributed by atoms with Gasteiger partial charge in [0.25, 0.3) is 0 Å². The molecule has 0 saturated carbocycles. The van der Waals surface area contributed by atoms with Crippen molar-refractivity contribution in [2.24, 2.45) is 0 Å². The summed E-state index contributed by atoms with van der Waals surface area (Å²) in [7, 11) is 0. The largest absolute Gasteiger partial charge is 0.225 e. The number of benzene rings is 1. The zero-order chi connectivity index (χ0) is 13.5. The summed E-state index contributed by atoms with van der Waals surface area (Å²) in [4.78, 5) is 0. The maximum Gasteiger partial charge on any atom is 0.209 e. The Bertz CT molecular complexity index is 858. The van der Waals surface area contributed by atoms with E-state index in [-0.39, 0.29) is 0 Å². The summed E-state index contributed by atoms with van der Waals surface area (Å²) in [6.45, 7) is 0. The summed E-state index contributed by atoms with van der Waals surface area (Å²) in [5.74, 6) is 0.464. The minimum Gasteiger partial charge on any atom is -0.225 e. The van der Waals surface area contributed by atoms with Gasteiger partial charge in [-0.2, -0.15) is 10.4 Å². The maximum atomic E-state index is 5.92. The SMILES string of the molecule is Clc1ccc(-c2cn3[nH]nnc3c2-c2nn[nH]n2)cc1. The van der Waals surface area contributed by atoms with Gasteiger partial charge in [0, 0.05) is 16.8 Å². The molecule has 0 radical (unpaired) electrons. The summed E-state index contributed by atoms with van der Waals surface area (Å²) in [6, 6.07) is 7.51. The van der Waals surface area contributed by atoms with Crippen molar-refractivity contribution in [2.45, 2.75) is 0 Å². The van der Waals surface area contributed by atoms with E-state index in [0.717, 1.165) is 16.7 Å². The summed E-state index contributed by atoms with van der Waals surface area (Å²) in [5, 5.41) is 25.3. The molecule has 0 unspecified atom stereocenters. The zero-order valence-corrected chi connectivity index (χ0v) is 10.7. The quantitative estimate of drug-likeness (QED) is 0.582. The highest BCUT2D eigenvalue weighted by molar-refractivity contribution is 6.30. The first-order chi connectivity index (χ1) is 9.83. The minimum atomic E-state index is 0.464. The third-order valence-corrected chi connectivity index (χ3v) is 3.25. The highest BCUT2D eigenvalue weighted by Crippen LogP contribution is 2.34. The predicted octanol–water partition coefficient (Wildman–Crippen LogP) is 1.56. The topological polar surface area (TPSA) is 100 Å². The van der Waals surface area contributed by atoms with Crippen LogP contribution in [0.25, 0.3) is 28.2 Å². The normalized spacial score (nSPS) is 11.2. The lowest BCUT2D eigenvalue weighted by Crippen LogP contribution is -1.85. The molecule has 1 aromatic carbocycles. The molecular formula is C11H7ClN8. The average Bonchev–Trinajstić information content (AvgIpc) is 3.15. The molecule has 8 nitrogen and oxygen atoms in total. The van der Waals surface area contributed by atoms with Crippen molar-refractivity contribution in [3.8, 4) is 22.5 Å². The first-order valence-corrected chi connectivity index (χ1v) is 6.12. The molecule has 9 heteroatoms. The monoisotopic (exact) mass is 286 g/mol. The standard InChI is InChI=1S/C11H7ClN8/c12-7-3-1-6(2-4-7)8-5-20-11(15-18-19-20)9(8)10-13-16-17-14-10/h1-5H,(H,15,19)(H,13,14,16,17). The van der Waals surface area contributed by atoms with Gasteiger partial charge in [-0.25, -0.2) is 4.52 Å². The Hall–Kier alpha value is -2.74. The summed E-state index contributed by atoms with van der Waals surface area (Å²) >= 11 is 5.92. The number of rotatable bonds is 2. The van der Waals surface area contributed by atoms with E-state index in [1.807, 2.05) is 30.5 Å². The second kappa shape index (κ2) is 4.14.